The molecule has 0 saturated heterocycles. The lowest BCUT2D eigenvalue weighted by Gasteiger charge is -2.02. The number of aromatic hydroxyl groups is 1. The monoisotopic (exact) mass is 400 g/mol. The Kier molecular flexibility index (Phi) is 6.17. The average Bonchev–Trinajstić information content (AvgIpc) is 3.32. The molecule has 0 bridgehead atoms. The van der Waals surface area contributed by atoms with E-state index < -0.39 is 5.97 Å². The summed E-state index contributed by atoms with van der Waals surface area (Å²) < 4.78 is 6.48. The van der Waals surface area contributed by atoms with E-state index >= 15 is 0 Å². The molecule has 29 heavy (non-hydrogen) atoms. The molecule has 3 aromatic rings. The lowest BCUT2D eigenvalue weighted by molar-refractivity contribution is -0.116. The summed E-state index contributed by atoms with van der Waals surface area (Å²) in [7, 11) is 0. The van der Waals surface area contributed by atoms with E-state index in [4.69, 9.17) is 4.52 Å². The van der Waals surface area contributed by atoms with E-state index in [0.717, 1.165) is 12.8 Å². The summed E-state index contributed by atoms with van der Waals surface area (Å²) in [6.07, 6.45) is 3.19. The number of pyridine rings is 1. The summed E-state index contributed by atoms with van der Waals surface area (Å²) in [6.45, 7) is 2.46. The molecule has 0 radical (unpaired) electrons. The minimum atomic E-state index is -1.10. The summed E-state index contributed by atoms with van der Waals surface area (Å²) >= 11 is 0. The molecule has 0 saturated carbocycles. The largest absolute Gasteiger partial charge is 0.506 e. The van der Waals surface area contributed by atoms with Crippen LogP contribution >= 0.6 is 0 Å². The van der Waals surface area contributed by atoms with Crippen molar-refractivity contribution < 1.29 is 24.3 Å². The Morgan fingerprint density at radius 2 is 2.14 bits per heavy atom. The molecule has 0 aromatic carbocycles. The molecular formula is C18H20N6O5. The molecule has 3 heterocycles. The molecular weight excluding hydrogens is 380 g/mol. The lowest BCUT2D eigenvalue weighted by atomic mass is 10.3. The number of anilines is 1. The van der Waals surface area contributed by atoms with Crippen LogP contribution in [0.3, 0.4) is 0 Å². The van der Waals surface area contributed by atoms with E-state index in [9.17, 15) is 19.8 Å². The van der Waals surface area contributed by atoms with Crippen molar-refractivity contribution >= 4 is 17.7 Å². The molecule has 1 amide bonds. The summed E-state index contributed by atoms with van der Waals surface area (Å²) in [5, 5.41) is 29.0. The molecule has 3 N–H and O–H groups in total. The highest BCUT2D eigenvalue weighted by Crippen LogP contribution is 2.16. The van der Waals surface area contributed by atoms with Gasteiger partial charge in [-0.15, -0.1) is 0 Å². The number of hydrogen-bond acceptors (Lipinski definition) is 8. The van der Waals surface area contributed by atoms with Crippen LogP contribution in [0.5, 0.6) is 5.75 Å². The van der Waals surface area contributed by atoms with Crippen molar-refractivity contribution in [2.24, 2.45) is 0 Å². The molecule has 11 heteroatoms. The Morgan fingerprint density at radius 1 is 1.31 bits per heavy atom. The molecule has 3 aromatic heterocycles. The van der Waals surface area contributed by atoms with Crippen molar-refractivity contribution in [3.63, 3.8) is 0 Å². The van der Waals surface area contributed by atoms with Gasteiger partial charge in [-0.1, -0.05) is 18.5 Å². The van der Waals surface area contributed by atoms with Crippen LogP contribution in [-0.2, 0) is 17.8 Å². The van der Waals surface area contributed by atoms with Gasteiger partial charge >= 0.3 is 5.97 Å². The Labute approximate surface area is 165 Å². The number of nitrogens with one attached hydrogen (secondary N) is 1. The SMILES string of the molecule is CCCCn1nc(NC(=O)CCc2nc(-c3ccc(O)cn3)no2)cc1C(=O)O. The van der Waals surface area contributed by atoms with Gasteiger partial charge in [0.1, 0.15) is 17.1 Å². The number of carbonyl (C=O) groups excluding carboxylic acids is 1. The summed E-state index contributed by atoms with van der Waals surface area (Å²) in [5.74, 6) is -0.744. The number of hydrogen-bond donors (Lipinski definition) is 3. The van der Waals surface area contributed by atoms with Gasteiger partial charge in [0, 0.05) is 25.5 Å². The Hall–Kier alpha value is -3.76. The number of aromatic carboxylic acids is 1. The van der Waals surface area contributed by atoms with Crippen molar-refractivity contribution in [1.82, 2.24) is 24.9 Å². The van der Waals surface area contributed by atoms with Crippen molar-refractivity contribution in [1.29, 1.82) is 0 Å². The maximum absolute atomic E-state index is 12.2. The highest BCUT2D eigenvalue weighted by Gasteiger charge is 2.16. The van der Waals surface area contributed by atoms with Crippen molar-refractivity contribution in [2.45, 2.75) is 39.2 Å². The quantitative estimate of drug-likeness (QED) is 0.489. The number of carboxylic acids is 1. The third-order valence-electron chi connectivity index (χ3n) is 4.00. The second-order valence-corrected chi connectivity index (χ2v) is 6.26. The van der Waals surface area contributed by atoms with Crippen LogP contribution in [0.1, 0.15) is 42.6 Å². The minimum Gasteiger partial charge on any atom is -0.506 e. The maximum atomic E-state index is 12.2. The van der Waals surface area contributed by atoms with Gasteiger partial charge < -0.3 is 20.1 Å². The van der Waals surface area contributed by atoms with Crippen LogP contribution in [0.25, 0.3) is 11.5 Å². The van der Waals surface area contributed by atoms with Gasteiger partial charge in [-0.05, 0) is 18.6 Å². The zero-order valence-electron chi connectivity index (χ0n) is 15.7. The normalized spacial score (nSPS) is 10.8. The van der Waals surface area contributed by atoms with Crippen molar-refractivity contribution in [3.8, 4) is 17.3 Å². The highest BCUT2D eigenvalue weighted by molar-refractivity contribution is 5.92. The number of carboxylic acid groups (broad SMARTS) is 1. The Bertz CT molecular complexity index is 995. The predicted molar refractivity (Wildman–Crippen MR) is 100 cm³/mol. The van der Waals surface area contributed by atoms with Gasteiger partial charge in [0.25, 0.3) is 0 Å². The zero-order valence-corrected chi connectivity index (χ0v) is 15.7. The lowest BCUT2D eigenvalue weighted by Crippen LogP contribution is -2.13. The number of rotatable bonds is 9. The van der Waals surface area contributed by atoms with Gasteiger partial charge in [-0.2, -0.15) is 10.1 Å². The van der Waals surface area contributed by atoms with Crippen LogP contribution in [0.4, 0.5) is 5.82 Å². The van der Waals surface area contributed by atoms with E-state index in [1.54, 1.807) is 6.07 Å². The Morgan fingerprint density at radius 3 is 2.83 bits per heavy atom. The van der Waals surface area contributed by atoms with Crippen LogP contribution < -0.4 is 5.32 Å². The number of unbranched alkanes of at least 4 members (excludes halogenated alkanes) is 1. The van der Waals surface area contributed by atoms with Gasteiger partial charge in [0.2, 0.25) is 17.6 Å². The summed E-state index contributed by atoms with van der Waals surface area (Å²) in [5.41, 5.74) is 0.456. The molecule has 3 rings (SSSR count). The van der Waals surface area contributed by atoms with Crippen molar-refractivity contribution in [3.05, 3.63) is 36.0 Å². The second kappa shape index (κ2) is 8.95. The van der Waals surface area contributed by atoms with E-state index in [1.165, 1.54) is 23.0 Å². The third-order valence-corrected chi connectivity index (χ3v) is 4.00. The molecule has 0 aliphatic rings. The molecule has 0 spiro atoms. The molecule has 11 nitrogen and oxygen atoms in total. The number of amides is 1. The van der Waals surface area contributed by atoms with Gasteiger partial charge in [0.15, 0.2) is 5.82 Å². The topological polar surface area (TPSA) is 156 Å². The maximum Gasteiger partial charge on any atom is 0.354 e. The fourth-order valence-corrected chi connectivity index (χ4v) is 2.53. The van der Waals surface area contributed by atoms with E-state index in [2.05, 4.69) is 25.5 Å². The molecule has 0 unspecified atom stereocenters. The summed E-state index contributed by atoms with van der Waals surface area (Å²) in [6, 6.07) is 4.33. The fraction of sp³-hybridized carbons (Fsp3) is 0.333. The molecule has 152 valence electrons. The zero-order chi connectivity index (χ0) is 20.8. The van der Waals surface area contributed by atoms with E-state index in [0.29, 0.717) is 12.2 Å². The standard InChI is InChI=1S/C18H20N6O5/c1-2-3-8-24-13(18(27)28)9-14(22-24)20-15(26)6-7-16-21-17(23-29-16)12-5-4-11(25)10-19-12/h4-5,9-10,25H,2-3,6-8H2,1H3,(H,27,28)(H,20,22,26). The summed E-state index contributed by atoms with van der Waals surface area (Å²) in [4.78, 5) is 31.6. The third kappa shape index (κ3) is 5.15. The molecule has 0 aliphatic carbocycles. The van der Waals surface area contributed by atoms with Crippen LogP contribution in [0.15, 0.2) is 28.9 Å². The van der Waals surface area contributed by atoms with Crippen LogP contribution in [0.2, 0.25) is 0 Å². The van der Waals surface area contributed by atoms with Crippen LogP contribution in [-0.4, -0.2) is 47.0 Å². The second-order valence-electron chi connectivity index (χ2n) is 6.26. The first-order valence-electron chi connectivity index (χ1n) is 9.05. The average molecular weight is 400 g/mol. The number of carbonyl (C=O) groups is 2. The molecule has 0 fully saturated rings. The van der Waals surface area contributed by atoms with E-state index in [-0.39, 0.29) is 47.7 Å². The molecule has 0 aliphatic heterocycles. The minimum absolute atomic E-state index is 0.0247. The van der Waals surface area contributed by atoms with Gasteiger partial charge in [0.05, 0.1) is 6.20 Å². The first kappa shape index (κ1) is 20.0. The van der Waals surface area contributed by atoms with Crippen molar-refractivity contribution in [2.75, 3.05) is 5.32 Å². The first-order valence-corrected chi connectivity index (χ1v) is 9.05. The number of nitrogens with zero attached hydrogens (tertiary/aromatic N) is 5. The predicted octanol–water partition coefficient (Wildman–Crippen LogP) is 2.10. The Balaban J connectivity index is 1.57. The van der Waals surface area contributed by atoms with E-state index in [1.807, 2.05) is 6.92 Å². The van der Waals surface area contributed by atoms with Gasteiger partial charge in [-0.3, -0.25) is 9.48 Å². The number of aryl methyl sites for hydroxylation is 2. The van der Waals surface area contributed by atoms with Gasteiger partial charge in [-0.25, -0.2) is 9.78 Å². The van der Waals surface area contributed by atoms with Crippen LogP contribution in [0, 0.1) is 0 Å². The number of aromatic nitrogens is 5. The first-order chi connectivity index (χ1) is 14.0. The highest BCUT2D eigenvalue weighted by atomic mass is 16.5. The smallest absolute Gasteiger partial charge is 0.354 e. The molecule has 0 atom stereocenters. The fourth-order valence-electron chi connectivity index (χ4n) is 2.53.